The topological polar surface area (TPSA) is 38.3 Å². The smallest absolute Gasteiger partial charge is 0.311 e. The van der Waals surface area contributed by atoms with Crippen LogP contribution >= 0.6 is 11.3 Å². The summed E-state index contributed by atoms with van der Waals surface area (Å²) in [5, 5.41) is 6.42. The molecule has 0 bridgehead atoms. The third kappa shape index (κ3) is 5.00. The lowest BCUT2D eigenvalue weighted by molar-refractivity contribution is -0.167. The number of thiophene rings is 1. The largest absolute Gasteiger partial charge is 0.456 e. The zero-order valence-electron chi connectivity index (χ0n) is 18.5. The van der Waals surface area contributed by atoms with Crippen LogP contribution in [0.1, 0.15) is 72.5 Å². The van der Waals surface area contributed by atoms with Crippen LogP contribution in [0.25, 0.3) is 10.1 Å². The molecule has 0 radical (unpaired) electrons. The van der Waals surface area contributed by atoms with Crippen LogP contribution in [-0.2, 0) is 9.53 Å². The molecule has 0 saturated carbocycles. The van der Waals surface area contributed by atoms with Crippen molar-refractivity contribution in [2.24, 2.45) is 16.2 Å². The van der Waals surface area contributed by atoms with Gasteiger partial charge >= 0.3 is 5.97 Å². The first-order chi connectivity index (χ1) is 13.4. The Labute approximate surface area is 178 Å². The number of fused-ring (bicyclic) bond motifs is 1. The maximum Gasteiger partial charge on any atom is 0.311 e. The molecule has 0 amide bonds. The molecule has 3 rings (SSSR count). The number of benzene rings is 1. The summed E-state index contributed by atoms with van der Waals surface area (Å²) < 4.78 is 21.4. The van der Waals surface area contributed by atoms with Crippen molar-refractivity contribution in [3.63, 3.8) is 0 Å². The van der Waals surface area contributed by atoms with Crippen molar-refractivity contribution >= 4 is 27.4 Å². The highest BCUT2D eigenvalue weighted by Gasteiger charge is 2.46. The number of carbonyl (C=O) groups is 1. The molecule has 29 heavy (non-hydrogen) atoms. The van der Waals surface area contributed by atoms with Crippen molar-refractivity contribution in [1.82, 2.24) is 5.32 Å². The minimum Gasteiger partial charge on any atom is -0.456 e. The molecule has 0 aliphatic carbocycles. The van der Waals surface area contributed by atoms with E-state index in [-0.39, 0.29) is 28.7 Å². The first kappa shape index (κ1) is 22.2. The molecule has 1 N–H and O–H groups in total. The summed E-state index contributed by atoms with van der Waals surface area (Å²) in [5.74, 6) is -0.466. The van der Waals surface area contributed by atoms with Crippen molar-refractivity contribution in [3.8, 4) is 0 Å². The highest BCUT2D eigenvalue weighted by Crippen LogP contribution is 2.50. The van der Waals surface area contributed by atoms with Crippen LogP contribution in [0.5, 0.6) is 0 Å². The van der Waals surface area contributed by atoms with Crippen LogP contribution in [0.3, 0.4) is 0 Å². The number of hydrogen-bond donors (Lipinski definition) is 1. The van der Waals surface area contributed by atoms with Crippen molar-refractivity contribution < 1.29 is 13.9 Å². The van der Waals surface area contributed by atoms with Crippen LogP contribution in [0.4, 0.5) is 4.39 Å². The molecule has 1 aromatic heterocycles. The molecular weight excluding hydrogens is 385 g/mol. The molecule has 1 fully saturated rings. The van der Waals surface area contributed by atoms with Gasteiger partial charge in [0.2, 0.25) is 0 Å². The number of halogens is 1. The third-order valence-corrected chi connectivity index (χ3v) is 6.87. The molecule has 160 valence electrons. The van der Waals surface area contributed by atoms with E-state index < -0.39 is 5.41 Å². The van der Waals surface area contributed by atoms with E-state index in [0.717, 1.165) is 48.0 Å². The zero-order valence-corrected chi connectivity index (χ0v) is 19.3. The van der Waals surface area contributed by atoms with Crippen molar-refractivity contribution in [2.75, 3.05) is 13.1 Å². The normalized spacial score (nSPS) is 21.5. The van der Waals surface area contributed by atoms with Gasteiger partial charge in [-0.2, -0.15) is 0 Å². The molecular formula is C24H34FNO2S. The number of ether oxygens (including phenoxy) is 1. The predicted octanol–water partition coefficient (Wildman–Crippen LogP) is 6.48. The van der Waals surface area contributed by atoms with Crippen LogP contribution < -0.4 is 5.32 Å². The van der Waals surface area contributed by atoms with Crippen molar-refractivity contribution in [3.05, 3.63) is 35.0 Å². The number of carbonyl (C=O) groups excluding carboxylic acids is 1. The van der Waals surface area contributed by atoms with Crippen molar-refractivity contribution in [2.45, 2.75) is 66.9 Å². The van der Waals surface area contributed by atoms with Gasteiger partial charge in [-0.25, -0.2) is 4.39 Å². The fourth-order valence-corrected chi connectivity index (χ4v) is 4.94. The average molecular weight is 420 g/mol. The van der Waals surface area contributed by atoms with E-state index in [1.807, 2.05) is 26.8 Å². The van der Waals surface area contributed by atoms with Gasteiger partial charge in [0.05, 0.1) is 5.41 Å². The van der Waals surface area contributed by atoms with Crippen LogP contribution in [-0.4, -0.2) is 19.1 Å². The van der Waals surface area contributed by atoms with Gasteiger partial charge in [-0.05, 0) is 75.6 Å². The molecule has 2 unspecified atom stereocenters. The van der Waals surface area contributed by atoms with E-state index in [4.69, 9.17) is 4.74 Å². The number of esters is 1. The summed E-state index contributed by atoms with van der Waals surface area (Å²) in [4.78, 5) is 13.0. The Morgan fingerprint density at radius 2 is 2.00 bits per heavy atom. The van der Waals surface area contributed by atoms with Gasteiger partial charge in [-0.15, -0.1) is 11.3 Å². The predicted molar refractivity (Wildman–Crippen MR) is 119 cm³/mol. The first-order valence-corrected chi connectivity index (χ1v) is 11.4. The first-order valence-electron chi connectivity index (χ1n) is 10.5. The Morgan fingerprint density at radius 1 is 1.28 bits per heavy atom. The second-order valence-corrected chi connectivity index (χ2v) is 11.6. The maximum absolute atomic E-state index is 14.1. The van der Waals surface area contributed by atoms with E-state index in [2.05, 4.69) is 31.5 Å². The Balaban J connectivity index is 2.08. The zero-order chi connectivity index (χ0) is 21.4. The quantitative estimate of drug-likeness (QED) is 0.564. The maximum atomic E-state index is 14.1. The van der Waals surface area contributed by atoms with Gasteiger partial charge in [0.1, 0.15) is 11.9 Å². The van der Waals surface area contributed by atoms with Gasteiger partial charge in [0.15, 0.2) is 0 Å². The van der Waals surface area contributed by atoms with Crippen molar-refractivity contribution in [1.29, 1.82) is 0 Å². The highest BCUT2D eigenvalue weighted by atomic mass is 32.1. The van der Waals surface area contributed by atoms with E-state index in [0.29, 0.717) is 0 Å². The number of rotatable bonds is 5. The standard InChI is InChI=1S/C24H34FNO2S/c1-22(2,3)9-10-24(11-12-26-15-24)20(28-21(27)23(4,5)6)18-14-29-19-8-7-16(25)13-17(18)19/h7-8,13-14,20,26H,9-12,15H2,1-6H3. The molecule has 1 aliphatic heterocycles. The van der Waals surface area contributed by atoms with Gasteiger partial charge in [-0.3, -0.25) is 4.79 Å². The summed E-state index contributed by atoms with van der Waals surface area (Å²) in [5.41, 5.74) is 0.359. The lowest BCUT2D eigenvalue weighted by atomic mass is 9.71. The Hall–Kier alpha value is -1.46. The lowest BCUT2D eigenvalue weighted by Gasteiger charge is -2.39. The lowest BCUT2D eigenvalue weighted by Crippen LogP contribution is -2.37. The second-order valence-electron chi connectivity index (χ2n) is 10.7. The van der Waals surface area contributed by atoms with Crippen LogP contribution in [0.15, 0.2) is 23.6 Å². The van der Waals surface area contributed by atoms with Gasteiger partial charge in [0.25, 0.3) is 0 Å². The molecule has 3 nitrogen and oxygen atoms in total. The Kier molecular flexibility index (Phi) is 6.13. The number of nitrogens with one attached hydrogen (secondary N) is 1. The molecule has 5 heteroatoms. The molecule has 2 heterocycles. The second kappa shape index (κ2) is 7.99. The van der Waals surface area contributed by atoms with E-state index in [9.17, 15) is 9.18 Å². The minimum absolute atomic E-state index is 0.186. The SMILES string of the molecule is CC(C)(C)CCC1(C(OC(=O)C(C)(C)C)c2csc3ccc(F)cc23)CCNC1. The van der Waals surface area contributed by atoms with Gasteiger partial charge in [-0.1, -0.05) is 20.8 Å². The monoisotopic (exact) mass is 419 g/mol. The summed E-state index contributed by atoms with van der Waals surface area (Å²) in [6.45, 7) is 14.1. The molecule has 2 atom stereocenters. The fraction of sp³-hybridized carbons (Fsp3) is 0.625. The van der Waals surface area contributed by atoms with E-state index in [1.54, 1.807) is 17.4 Å². The number of hydrogen-bond acceptors (Lipinski definition) is 4. The fourth-order valence-electron chi connectivity index (χ4n) is 3.98. The molecule has 0 spiro atoms. The summed E-state index contributed by atoms with van der Waals surface area (Å²) >= 11 is 1.59. The summed E-state index contributed by atoms with van der Waals surface area (Å²) in [7, 11) is 0. The molecule has 1 saturated heterocycles. The minimum atomic E-state index is -0.591. The Morgan fingerprint density at radius 3 is 2.59 bits per heavy atom. The van der Waals surface area contributed by atoms with Crippen LogP contribution in [0, 0.1) is 22.1 Å². The van der Waals surface area contributed by atoms with Gasteiger partial charge < -0.3 is 10.1 Å². The summed E-state index contributed by atoms with van der Waals surface area (Å²) in [6, 6.07) is 4.89. The van der Waals surface area contributed by atoms with E-state index >= 15 is 0 Å². The summed E-state index contributed by atoms with van der Waals surface area (Å²) in [6.07, 6.45) is 2.55. The van der Waals surface area contributed by atoms with Gasteiger partial charge in [0, 0.05) is 27.6 Å². The average Bonchev–Trinajstić information content (AvgIpc) is 3.24. The highest BCUT2D eigenvalue weighted by molar-refractivity contribution is 7.17. The molecule has 2 aromatic rings. The van der Waals surface area contributed by atoms with Crippen LogP contribution in [0.2, 0.25) is 0 Å². The molecule has 1 aliphatic rings. The Bertz CT molecular complexity index is 869. The molecule has 1 aromatic carbocycles. The van der Waals surface area contributed by atoms with E-state index in [1.165, 1.54) is 6.07 Å². The third-order valence-electron chi connectivity index (χ3n) is 5.89.